The molecule has 0 N–H and O–H groups in total. The van der Waals surface area contributed by atoms with Crippen LogP contribution in [0.3, 0.4) is 0 Å². The zero-order valence-corrected chi connectivity index (χ0v) is 12.1. The summed E-state index contributed by atoms with van der Waals surface area (Å²) in [5, 5.41) is 0. The van der Waals surface area contributed by atoms with Crippen LogP contribution in [0.15, 0.2) is 24.7 Å². The van der Waals surface area contributed by atoms with E-state index in [9.17, 15) is 0 Å². The molecule has 0 aromatic carbocycles. The van der Waals surface area contributed by atoms with Crippen LogP contribution in [0.1, 0.15) is 41.5 Å². The Hall–Kier alpha value is -0.703. The quantitative estimate of drug-likeness (QED) is 0.632. The zero-order valence-electron chi connectivity index (χ0n) is 10.9. The molecule has 0 bridgehead atoms. The maximum atomic E-state index is 4.01. The first-order chi connectivity index (χ1) is 6.68. The summed E-state index contributed by atoms with van der Waals surface area (Å²) in [5.74, 6) is 0. The Bertz CT molecular complexity index is 246. The molecular weight excluding hydrogens is 200 g/mol. The fourth-order valence-electron chi connectivity index (χ4n) is 1.92. The predicted molar refractivity (Wildman–Crippen MR) is 69.7 cm³/mol. The minimum absolute atomic E-state index is 0.196. The summed E-state index contributed by atoms with van der Waals surface area (Å²) in [6, 6.07) is 0. The molecule has 1 heterocycles. The van der Waals surface area contributed by atoms with E-state index in [4.69, 9.17) is 0 Å². The average Bonchev–Trinajstić information content (AvgIpc) is 2.43. The monoisotopic (exact) mass is 224 g/mol. The van der Waals surface area contributed by atoms with Gasteiger partial charge in [-0.15, -0.1) is 6.58 Å². The first-order valence-electron chi connectivity index (χ1n) is 5.55. The third-order valence-corrected chi connectivity index (χ3v) is 6.17. The van der Waals surface area contributed by atoms with Gasteiger partial charge in [0, 0.05) is 23.5 Å². The maximum absolute atomic E-state index is 4.01. The molecule has 0 radical (unpaired) electrons. The largest absolute Gasteiger partial charge is 0.380 e. The second-order valence-electron chi connectivity index (χ2n) is 6.10. The first kappa shape index (κ1) is 12.4. The van der Waals surface area contributed by atoms with Crippen LogP contribution < -0.4 is 0 Å². The second kappa shape index (κ2) is 3.70. The number of nitrogens with zero attached hydrogens (tertiary/aromatic N) is 2. The summed E-state index contributed by atoms with van der Waals surface area (Å²) in [5.41, 5.74) is 2.54. The SMILES string of the molecule is C=C[SiH]1N(C(C)(C)C)C=CN1C(C)(C)C. The van der Waals surface area contributed by atoms with Gasteiger partial charge in [-0.3, -0.25) is 0 Å². The van der Waals surface area contributed by atoms with Gasteiger partial charge in [0.2, 0.25) is 0 Å². The predicted octanol–water partition coefficient (Wildman–Crippen LogP) is 2.62. The van der Waals surface area contributed by atoms with Gasteiger partial charge >= 0.3 is 0 Å². The van der Waals surface area contributed by atoms with E-state index in [1.807, 2.05) is 0 Å². The highest BCUT2D eigenvalue weighted by atomic mass is 28.3. The third kappa shape index (κ3) is 2.45. The van der Waals surface area contributed by atoms with Gasteiger partial charge in [0.05, 0.1) is 0 Å². The van der Waals surface area contributed by atoms with Crippen molar-refractivity contribution in [3.8, 4) is 0 Å². The summed E-state index contributed by atoms with van der Waals surface area (Å²) < 4.78 is 4.95. The van der Waals surface area contributed by atoms with Crippen LogP contribution >= 0.6 is 0 Å². The Labute approximate surface area is 96.0 Å². The molecule has 0 aromatic heterocycles. The van der Waals surface area contributed by atoms with Crippen molar-refractivity contribution in [2.24, 2.45) is 0 Å². The lowest BCUT2D eigenvalue weighted by molar-refractivity contribution is 0.285. The first-order valence-corrected chi connectivity index (χ1v) is 7.25. The number of hydrogen-bond acceptors (Lipinski definition) is 2. The average molecular weight is 224 g/mol. The zero-order chi connectivity index (χ0) is 11.9. The molecule has 0 atom stereocenters. The van der Waals surface area contributed by atoms with Crippen LogP contribution in [0.4, 0.5) is 0 Å². The van der Waals surface area contributed by atoms with E-state index in [0.717, 1.165) is 0 Å². The van der Waals surface area contributed by atoms with Gasteiger partial charge in [-0.2, -0.15) is 0 Å². The van der Waals surface area contributed by atoms with Gasteiger partial charge in [-0.1, -0.05) is 5.70 Å². The van der Waals surface area contributed by atoms with E-state index in [1.54, 1.807) is 0 Å². The molecule has 0 amide bonds. The standard InChI is InChI=1S/C12H24N2Si/c1-8-15-13(11(2,3)4)9-10-14(15)12(5,6)7/h8-10,15H,1H2,2-7H3. The van der Waals surface area contributed by atoms with Crippen LogP contribution in [0.2, 0.25) is 0 Å². The van der Waals surface area contributed by atoms with Gasteiger partial charge < -0.3 is 9.13 Å². The number of hydrogen-bond donors (Lipinski definition) is 0. The van der Waals surface area contributed by atoms with Crippen LogP contribution in [-0.2, 0) is 0 Å². The fourth-order valence-corrected chi connectivity index (χ4v) is 4.74. The summed E-state index contributed by atoms with van der Waals surface area (Å²) in [6.45, 7) is 17.6. The van der Waals surface area contributed by atoms with Crippen LogP contribution in [-0.4, -0.2) is 29.3 Å². The molecule has 86 valence electrons. The highest BCUT2D eigenvalue weighted by Crippen LogP contribution is 2.28. The molecule has 0 spiro atoms. The van der Waals surface area contributed by atoms with Crippen LogP contribution in [0, 0.1) is 0 Å². The Kier molecular flexibility index (Phi) is 3.05. The lowest BCUT2D eigenvalue weighted by Gasteiger charge is -2.43. The summed E-state index contributed by atoms with van der Waals surface area (Å²) in [4.78, 5) is 0. The lowest BCUT2D eigenvalue weighted by Crippen LogP contribution is -2.55. The van der Waals surface area contributed by atoms with Crippen molar-refractivity contribution in [3.63, 3.8) is 0 Å². The molecule has 1 aliphatic rings. The summed E-state index contributed by atoms with van der Waals surface area (Å²) in [6.07, 6.45) is 4.45. The van der Waals surface area contributed by atoms with Crippen molar-refractivity contribution < 1.29 is 0 Å². The minimum atomic E-state index is -1.22. The van der Waals surface area contributed by atoms with E-state index >= 15 is 0 Å². The van der Waals surface area contributed by atoms with E-state index < -0.39 is 9.12 Å². The normalized spacial score (nSPS) is 18.8. The Morgan fingerprint density at radius 3 is 1.47 bits per heavy atom. The van der Waals surface area contributed by atoms with Crippen molar-refractivity contribution >= 4 is 9.12 Å². The third-order valence-electron chi connectivity index (χ3n) is 2.72. The highest BCUT2D eigenvalue weighted by molar-refractivity contribution is 6.60. The molecule has 0 unspecified atom stereocenters. The van der Waals surface area contributed by atoms with Crippen LogP contribution in [0.25, 0.3) is 0 Å². The molecule has 0 saturated heterocycles. The molecule has 3 heteroatoms. The maximum Gasteiger partial charge on any atom is 0.273 e. The van der Waals surface area contributed by atoms with Crippen molar-refractivity contribution in [1.82, 2.24) is 9.13 Å². The Balaban J connectivity index is 2.94. The van der Waals surface area contributed by atoms with Gasteiger partial charge in [0.25, 0.3) is 9.12 Å². The van der Waals surface area contributed by atoms with Gasteiger partial charge in [0.1, 0.15) is 0 Å². The molecule has 2 nitrogen and oxygen atoms in total. The Morgan fingerprint density at radius 2 is 1.27 bits per heavy atom. The highest BCUT2D eigenvalue weighted by Gasteiger charge is 2.37. The molecular formula is C12H24N2Si. The molecule has 0 fully saturated rings. The van der Waals surface area contributed by atoms with Crippen molar-refractivity contribution in [2.45, 2.75) is 52.6 Å². The van der Waals surface area contributed by atoms with E-state index in [-0.39, 0.29) is 11.1 Å². The molecule has 1 aliphatic heterocycles. The van der Waals surface area contributed by atoms with Crippen molar-refractivity contribution in [2.75, 3.05) is 0 Å². The molecule has 15 heavy (non-hydrogen) atoms. The second-order valence-corrected chi connectivity index (χ2v) is 8.51. The molecule has 0 aromatic rings. The molecule has 0 aliphatic carbocycles. The minimum Gasteiger partial charge on any atom is -0.380 e. The molecule has 0 saturated carbocycles. The Morgan fingerprint density at radius 1 is 0.933 bits per heavy atom. The lowest BCUT2D eigenvalue weighted by atomic mass is 10.1. The van der Waals surface area contributed by atoms with Gasteiger partial charge in [-0.05, 0) is 41.5 Å². The smallest absolute Gasteiger partial charge is 0.273 e. The van der Waals surface area contributed by atoms with Gasteiger partial charge in [0.15, 0.2) is 0 Å². The van der Waals surface area contributed by atoms with E-state index in [0.29, 0.717) is 0 Å². The van der Waals surface area contributed by atoms with Gasteiger partial charge in [-0.25, -0.2) is 0 Å². The van der Waals surface area contributed by atoms with E-state index in [2.05, 4.69) is 75.4 Å². The summed E-state index contributed by atoms with van der Waals surface area (Å²) in [7, 11) is -1.22. The fraction of sp³-hybridized carbons (Fsp3) is 0.667. The molecule has 1 rings (SSSR count). The summed E-state index contributed by atoms with van der Waals surface area (Å²) >= 11 is 0. The van der Waals surface area contributed by atoms with Crippen LogP contribution in [0.5, 0.6) is 0 Å². The van der Waals surface area contributed by atoms with E-state index in [1.165, 1.54) is 0 Å². The topological polar surface area (TPSA) is 6.48 Å². The van der Waals surface area contributed by atoms with Crippen molar-refractivity contribution in [1.29, 1.82) is 0 Å². The number of rotatable bonds is 1. The van der Waals surface area contributed by atoms with Crippen molar-refractivity contribution in [3.05, 3.63) is 24.7 Å².